The molecular formula is C18H18ClN3O2. The van der Waals surface area contributed by atoms with Crippen molar-refractivity contribution >= 4 is 23.4 Å². The van der Waals surface area contributed by atoms with Crippen LogP contribution in [0, 0.1) is 0 Å². The largest absolute Gasteiger partial charge is 0.492 e. The Balaban J connectivity index is 1.45. The number of carbonyl (C=O) groups excluding carboxylic acids is 1. The van der Waals surface area contributed by atoms with Crippen molar-refractivity contribution in [1.82, 2.24) is 10.3 Å². The first-order valence-electron chi connectivity index (χ1n) is 8.16. The molecule has 24 heavy (non-hydrogen) atoms. The van der Waals surface area contributed by atoms with Gasteiger partial charge in [-0.15, -0.1) is 0 Å². The molecule has 124 valence electrons. The lowest BCUT2D eigenvalue weighted by molar-refractivity contribution is 0.232. The molecule has 1 aromatic carbocycles. The Morgan fingerprint density at radius 2 is 2.00 bits per heavy atom. The number of para-hydroxylation sites is 1. The van der Waals surface area contributed by atoms with Gasteiger partial charge in [0.2, 0.25) is 0 Å². The molecule has 2 aliphatic rings. The van der Waals surface area contributed by atoms with Gasteiger partial charge in [-0.1, -0.05) is 29.8 Å². The second-order valence-corrected chi connectivity index (χ2v) is 6.58. The number of urea groups is 1. The van der Waals surface area contributed by atoms with Gasteiger partial charge in [0, 0.05) is 23.6 Å². The van der Waals surface area contributed by atoms with E-state index in [1.807, 2.05) is 24.3 Å². The van der Waals surface area contributed by atoms with Crippen LogP contribution in [0.15, 0.2) is 36.4 Å². The molecule has 4 rings (SSSR count). The normalized spacial score (nSPS) is 19.1. The third kappa shape index (κ3) is 3.17. The molecule has 1 aliphatic heterocycles. The molecule has 6 heteroatoms. The minimum absolute atomic E-state index is 0.126. The zero-order valence-electron chi connectivity index (χ0n) is 13.1. The Morgan fingerprint density at radius 3 is 2.83 bits per heavy atom. The number of benzene rings is 1. The summed E-state index contributed by atoms with van der Waals surface area (Å²) in [6.07, 6.45) is 3.07. The van der Waals surface area contributed by atoms with E-state index >= 15 is 0 Å². The van der Waals surface area contributed by atoms with Crippen LogP contribution in [-0.4, -0.2) is 17.6 Å². The van der Waals surface area contributed by atoms with E-state index in [4.69, 9.17) is 16.3 Å². The molecule has 2 amide bonds. The van der Waals surface area contributed by atoms with Gasteiger partial charge >= 0.3 is 6.03 Å². The average molecular weight is 344 g/mol. The second kappa shape index (κ2) is 6.32. The molecule has 0 saturated heterocycles. The molecule has 0 unspecified atom stereocenters. The fourth-order valence-corrected chi connectivity index (χ4v) is 3.21. The summed E-state index contributed by atoms with van der Waals surface area (Å²) in [6, 6.07) is 10.9. The number of ether oxygens (including phenoxy) is 1. The first-order chi connectivity index (χ1) is 11.7. The lowest BCUT2D eigenvalue weighted by atomic mass is 10.0. The summed E-state index contributed by atoms with van der Waals surface area (Å²) >= 11 is 6.16. The van der Waals surface area contributed by atoms with Gasteiger partial charge in [0.15, 0.2) is 0 Å². The Labute approximate surface area is 145 Å². The molecule has 0 spiro atoms. The number of anilines is 1. The predicted octanol–water partition coefficient (Wildman–Crippen LogP) is 4.26. The number of amides is 2. The molecule has 2 heterocycles. The molecule has 1 aliphatic carbocycles. The van der Waals surface area contributed by atoms with Gasteiger partial charge in [-0.05, 0) is 31.0 Å². The second-order valence-electron chi connectivity index (χ2n) is 6.17. The van der Waals surface area contributed by atoms with Crippen LogP contribution in [0.2, 0.25) is 5.02 Å². The third-order valence-corrected chi connectivity index (χ3v) is 4.64. The van der Waals surface area contributed by atoms with Crippen molar-refractivity contribution in [3.8, 4) is 5.75 Å². The smallest absolute Gasteiger partial charge is 0.320 e. The fourth-order valence-electron chi connectivity index (χ4n) is 2.97. The number of carbonyl (C=O) groups is 1. The topological polar surface area (TPSA) is 63.2 Å². The van der Waals surface area contributed by atoms with E-state index in [0.29, 0.717) is 35.5 Å². The van der Waals surface area contributed by atoms with Gasteiger partial charge in [0.1, 0.15) is 11.6 Å². The van der Waals surface area contributed by atoms with Gasteiger partial charge in [0.25, 0.3) is 0 Å². The van der Waals surface area contributed by atoms with E-state index in [0.717, 1.165) is 11.3 Å². The summed E-state index contributed by atoms with van der Waals surface area (Å²) in [5, 5.41) is 6.38. The number of rotatable bonds is 3. The zero-order valence-corrected chi connectivity index (χ0v) is 13.8. The highest BCUT2D eigenvalue weighted by atomic mass is 35.5. The molecule has 1 fully saturated rings. The van der Waals surface area contributed by atoms with Crippen LogP contribution in [0.5, 0.6) is 5.75 Å². The Morgan fingerprint density at radius 1 is 1.17 bits per heavy atom. The first kappa shape index (κ1) is 15.3. The predicted molar refractivity (Wildman–Crippen MR) is 92.7 cm³/mol. The van der Waals surface area contributed by atoms with Gasteiger partial charge in [-0.3, -0.25) is 5.32 Å². The molecule has 0 radical (unpaired) electrons. The van der Waals surface area contributed by atoms with Crippen LogP contribution in [0.3, 0.4) is 0 Å². The van der Waals surface area contributed by atoms with Crippen LogP contribution >= 0.6 is 11.6 Å². The van der Waals surface area contributed by atoms with E-state index in [9.17, 15) is 4.79 Å². The van der Waals surface area contributed by atoms with Crippen molar-refractivity contribution in [2.45, 2.75) is 31.2 Å². The van der Waals surface area contributed by atoms with Crippen molar-refractivity contribution < 1.29 is 9.53 Å². The molecule has 1 saturated carbocycles. The molecule has 0 bridgehead atoms. The van der Waals surface area contributed by atoms with E-state index in [1.54, 1.807) is 12.1 Å². The van der Waals surface area contributed by atoms with Crippen LogP contribution in [0.1, 0.15) is 42.5 Å². The van der Waals surface area contributed by atoms with Gasteiger partial charge in [0.05, 0.1) is 17.7 Å². The minimum Gasteiger partial charge on any atom is -0.492 e. The van der Waals surface area contributed by atoms with E-state index in [-0.39, 0.29) is 12.1 Å². The average Bonchev–Trinajstić information content (AvgIpc) is 3.41. The number of halogens is 1. The lowest BCUT2D eigenvalue weighted by Crippen LogP contribution is -2.35. The number of nitrogens with zero attached hydrogens (tertiary/aromatic N) is 1. The molecule has 5 nitrogen and oxygen atoms in total. The summed E-state index contributed by atoms with van der Waals surface area (Å²) in [7, 11) is 0. The molecule has 1 atom stereocenters. The summed E-state index contributed by atoms with van der Waals surface area (Å²) in [4.78, 5) is 16.8. The van der Waals surface area contributed by atoms with Crippen LogP contribution in [-0.2, 0) is 0 Å². The highest BCUT2D eigenvalue weighted by Gasteiger charge is 2.26. The SMILES string of the molecule is O=C(Nc1cccc(C2CC2)n1)N[C@H]1CCOc2c(Cl)cccc21. The van der Waals surface area contributed by atoms with Gasteiger partial charge < -0.3 is 10.1 Å². The number of fused-ring (bicyclic) bond motifs is 1. The Hall–Kier alpha value is -2.27. The van der Waals surface area contributed by atoms with Gasteiger partial charge in [-0.2, -0.15) is 0 Å². The molecular weight excluding hydrogens is 326 g/mol. The molecule has 1 aromatic heterocycles. The van der Waals surface area contributed by atoms with Crippen LogP contribution < -0.4 is 15.4 Å². The summed E-state index contributed by atoms with van der Waals surface area (Å²) in [5.41, 5.74) is 1.96. The number of aromatic nitrogens is 1. The summed E-state index contributed by atoms with van der Waals surface area (Å²) in [5.74, 6) is 1.79. The standard InChI is InChI=1S/C18H18ClN3O2/c19-13-4-1-3-12-15(9-10-24-17(12)13)21-18(23)22-16-6-2-5-14(20-16)11-7-8-11/h1-6,11,15H,7-10H2,(H2,20,21,22,23)/t15-/m0/s1. The minimum atomic E-state index is -0.270. The van der Waals surface area contributed by atoms with Crippen molar-refractivity contribution in [3.05, 3.63) is 52.7 Å². The first-order valence-corrected chi connectivity index (χ1v) is 8.54. The Kier molecular flexibility index (Phi) is 4.02. The third-order valence-electron chi connectivity index (χ3n) is 4.34. The lowest BCUT2D eigenvalue weighted by Gasteiger charge is -2.27. The van der Waals surface area contributed by atoms with Crippen LogP contribution in [0.4, 0.5) is 10.6 Å². The monoisotopic (exact) mass is 343 g/mol. The maximum absolute atomic E-state index is 12.3. The molecule has 2 aromatic rings. The zero-order chi connectivity index (χ0) is 16.5. The fraction of sp³-hybridized carbons (Fsp3) is 0.333. The van der Waals surface area contributed by atoms with Crippen molar-refractivity contribution in [2.24, 2.45) is 0 Å². The van der Waals surface area contributed by atoms with E-state index in [1.165, 1.54) is 12.8 Å². The summed E-state index contributed by atoms with van der Waals surface area (Å²) in [6.45, 7) is 0.525. The maximum Gasteiger partial charge on any atom is 0.320 e. The highest BCUT2D eigenvalue weighted by molar-refractivity contribution is 6.32. The Bertz CT molecular complexity index is 777. The van der Waals surface area contributed by atoms with Crippen molar-refractivity contribution in [2.75, 3.05) is 11.9 Å². The van der Waals surface area contributed by atoms with Crippen LogP contribution in [0.25, 0.3) is 0 Å². The van der Waals surface area contributed by atoms with E-state index < -0.39 is 0 Å². The number of hydrogen-bond acceptors (Lipinski definition) is 3. The summed E-state index contributed by atoms with van der Waals surface area (Å²) < 4.78 is 5.62. The highest BCUT2D eigenvalue weighted by Crippen LogP contribution is 2.39. The number of hydrogen-bond donors (Lipinski definition) is 2. The number of nitrogens with one attached hydrogen (secondary N) is 2. The van der Waals surface area contributed by atoms with Crippen molar-refractivity contribution in [3.63, 3.8) is 0 Å². The van der Waals surface area contributed by atoms with Crippen molar-refractivity contribution in [1.29, 1.82) is 0 Å². The maximum atomic E-state index is 12.3. The van der Waals surface area contributed by atoms with E-state index in [2.05, 4.69) is 15.6 Å². The molecule has 2 N–H and O–H groups in total. The quantitative estimate of drug-likeness (QED) is 0.875. The number of pyridine rings is 1. The van der Waals surface area contributed by atoms with Gasteiger partial charge in [-0.25, -0.2) is 9.78 Å².